The number of nitrogens with zero attached hydrogens (tertiary/aromatic N) is 1. The van der Waals surface area contributed by atoms with Crippen molar-refractivity contribution in [3.8, 4) is 12.3 Å². The lowest BCUT2D eigenvalue weighted by molar-refractivity contribution is -0.140. The molecule has 3 atom stereocenters. The van der Waals surface area contributed by atoms with Crippen molar-refractivity contribution in [2.45, 2.75) is 65.6 Å². The molecule has 0 aliphatic carbocycles. The molecular weight excluding hydrogens is 490 g/mol. The van der Waals surface area contributed by atoms with Crippen LogP contribution in [0.2, 0.25) is 5.02 Å². The molecular formula is C29H36ClN3O4. The Morgan fingerprint density at radius 2 is 1.78 bits per heavy atom. The summed E-state index contributed by atoms with van der Waals surface area (Å²) in [4.78, 5) is 41.5. The highest BCUT2D eigenvalue weighted by Crippen LogP contribution is 2.30. The average Bonchev–Trinajstić information content (AvgIpc) is 2.83. The Kier molecular flexibility index (Phi) is 10.2. The van der Waals surface area contributed by atoms with Crippen LogP contribution in [0.3, 0.4) is 0 Å². The smallest absolute Gasteiger partial charge is 0.408 e. The third-order valence-electron chi connectivity index (χ3n) is 6.02. The first-order valence-corrected chi connectivity index (χ1v) is 12.6. The number of rotatable bonds is 8. The third-order valence-corrected chi connectivity index (χ3v) is 6.33. The van der Waals surface area contributed by atoms with Gasteiger partial charge in [-0.3, -0.25) is 9.59 Å². The molecule has 0 bridgehead atoms. The SMILES string of the molecule is C#Cc1ccccc1C(C(=O)Nc1c(C)cccc1Cl)N(C)C(=O)C(NC(=O)OC(C)(C)C)C(C)CC. The summed E-state index contributed by atoms with van der Waals surface area (Å²) >= 11 is 6.36. The van der Waals surface area contributed by atoms with E-state index in [0.717, 1.165) is 5.56 Å². The van der Waals surface area contributed by atoms with Gasteiger partial charge in [0.05, 0.1) is 10.7 Å². The quantitative estimate of drug-likeness (QED) is 0.432. The zero-order chi connectivity index (χ0) is 27.9. The Balaban J connectivity index is 2.51. The Hall–Kier alpha value is -3.50. The van der Waals surface area contributed by atoms with Gasteiger partial charge in [-0.05, 0) is 56.9 Å². The zero-order valence-corrected chi connectivity index (χ0v) is 23.3. The molecule has 3 amide bonds. The molecule has 8 heteroatoms. The molecule has 0 saturated heterocycles. The topological polar surface area (TPSA) is 87.7 Å². The van der Waals surface area contributed by atoms with Crippen LogP contribution < -0.4 is 10.6 Å². The number of halogens is 1. The Labute approximate surface area is 224 Å². The highest BCUT2D eigenvalue weighted by atomic mass is 35.5. The highest BCUT2D eigenvalue weighted by Gasteiger charge is 2.37. The number of carbonyl (C=O) groups is 3. The van der Waals surface area contributed by atoms with Gasteiger partial charge in [-0.2, -0.15) is 0 Å². The lowest BCUT2D eigenvalue weighted by atomic mass is 9.94. The molecule has 0 radical (unpaired) electrons. The molecule has 0 heterocycles. The number of benzene rings is 2. The molecule has 2 N–H and O–H groups in total. The van der Waals surface area contributed by atoms with Crippen molar-refractivity contribution in [2.75, 3.05) is 12.4 Å². The zero-order valence-electron chi connectivity index (χ0n) is 22.5. The van der Waals surface area contributed by atoms with Gasteiger partial charge in [0, 0.05) is 12.6 Å². The molecule has 0 aliphatic rings. The maximum atomic E-state index is 13.8. The summed E-state index contributed by atoms with van der Waals surface area (Å²) in [5, 5.41) is 5.94. The van der Waals surface area contributed by atoms with E-state index in [9.17, 15) is 14.4 Å². The first-order chi connectivity index (χ1) is 17.3. The molecule has 0 fully saturated rings. The molecule has 198 valence electrons. The summed E-state index contributed by atoms with van der Waals surface area (Å²) in [7, 11) is 1.52. The van der Waals surface area contributed by atoms with Crippen LogP contribution in [0.4, 0.5) is 10.5 Å². The summed E-state index contributed by atoms with van der Waals surface area (Å²) < 4.78 is 5.39. The van der Waals surface area contributed by atoms with E-state index in [4.69, 9.17) is 22.8 Å². The molecule has 3 unspecified atom stereocenters. The number of alkyl carbamates (subject to hydrolysis) is 1. The van der Waals surface area contributed by atoms with Crippen LogP contribution >= 0.6 is 11.6 Å². The Morgan fingerprint density at radius 3 is 2.35 bits per heavy atom. The van der Waals surface area contributed by atoms with Gasteiger partial charge < -0.3 is 20.3 Å². The second-order valence-corrected chi connectivity index (χ2v) is 10.4. The van der Waals surface area contributed by atoms with E-state index in [0.29, 0.717) is 28.3 Å². The van der Waals surface area contributed by atoms with Gasteiger partial charge in [0.25, 0.3) is 5.91 Å². The van der Waals surface area contributed by atoms with E-state index in [2.05, 4.69) is 16.6 Å². The van der Waals surface area contributed by atoms with Gasteiger partial charge in [0.15, 0.2) is 0 Å². The van der Waals surface area contributed by atoms with Gasteiger partial charge in [0.2, 0.25) is 5.91 Å². The summed E-state index contributed by atoms with van der Waals surface area (Å²) in [6.07, 6.45) is 5.64. The van der Waals surface area contributed by atoms with Crippen molar-refractivity contribution in [3.63, 3.8) is 0 Å². The fraction of sp³-hybridized carbons (Fsp3) is 0.414. The van der Waals surface area contributed by atoms with Crippen LogP contribution in [0.15, 0.2) is 42.5 Å². The maximum absolute atomic E-state index is 13.8. The molecule has 2 rings (SSSR count). The van der Waals surface area contributed by atoms with Gasteiger partial charge in [0.1, 0.15) is 17.7 Å². The highest BCUT2D eigenvalue weighted by molar-refractivity contribution is 6.34. The van der Waals surface area contributed by atoms with Crippen LogP contribution in [0.25, 0.3) is 0 Å². The van der Waals surface area contributed by atoms with Crippen molar-refractivity contribution < 1.29 is 19.1 Å². The van der Waals surface area contributed by atoms with Crippen molar-refractivity contribution >= 4 is 35.2 Å². The van der Waals surface area contributed by atoms with Crippen molar-refractivity contribution in [1.82, 2.24) is 10.2 Å². The number of terminal acetylenes is 1. The largest absolute Gasteiger partial charge is 0.444 e. The first kappa shape index (κ1) is 29.7. The van der Waals surface area contributed by atoms with E-state index < -0.39 is 35.6 Å². The number of likely N-dealkylation sites (N-methyl/N-ethyl adjacent to an activating group) is 1. The van der Waals surface area contributed by atoms with E-state index in [1.165, 1.54) is 11.9 Å². The fourth-order valence-electron chi connectivity index (χ4n) is 3.84. The monoisotopic (exact) mass is 525 g/mol. The number of amides is 3. The number of ether oxygens (including phenoxy) is 1. The second kappa shape index (κ2) is 12.6. The van der Waals surface area contributed by atoms with Gasteiger partial charge in [-0.25, -0.2) is 4.79 Å². The number of nitrogens with one attached hydrogen (secondary N) is 2. The third kappa shape index (κ3) is 7.74. The molecule has 0 aliphatic heterocycles. The molecule has 37 heavy (non-hydrogen) atoms. The molecule has 2 aromatic carbocycles. The maximum Gasteiger partial charge on any atom is 0.408 e. The van der Waals surface area contributed by atoms with Crippen molar-refractivity contribution in [2.24, 2.45) is 5.92 Å². The van der Waals surface area contributed by atoms with Crippen LogP contribution in [-0.2, 0) is 14.3 Å². The van der Waals surface area contributed by atoms with Gasteiger partial charge in [-0.1, -0.05) is 68.1 Å². The summed E-state index contributed by atoms with van der Waals surface area (Å²) in [5.74, 6) is 1.42. The summed E-state index contributed by atoms with van der Waals surface area (Å²) in [5.41, 5.74) is 1.42. The Morgan fingerprint density at radius 1 is 1.14 bits per heavy atom. The average molecular weight is 526 g/mol. The predicted octanol–water partition coefficient (Wildman–Crippen LogP) is 5.71. The number of hydrogen-bond donors (Lipinski definition) is 2. The summed E-state index contributed by atoms with van der Waals surface area (Å²) in [6, 6.07) is 10.2. The molecule has 0 aromatic heterocycles. The summed E-state index contributed by atoms with van der Waals surface area (Å²) in [6.45, 7) is 10.8. The van der Waals surface area contributed by atoms with Crippen molar-refractivity contribution in [1.29, 1.82) is 0 Å². The normalized spacial score (nSPS) is 13.5. The lowest BCUT2D eigenvalue weighted by Crippen LogP contribution is -2.53. The molecule has 7 nitrogen and oxygen atoms in total. The van der Waals surface area contributed by atoms with Crippen LogP contribution in [0, 0.1) is 25.2 Å². The fourth-order valence-corrected chi connectivity index (χ4v) is 4.11. The Bertz CT molecular complexity index is 1160. The van der Waals surface area contributed by atoms with E-state index in [-0.39, 0.29) is 5.92 Å². The molecule has 0 spiro atoms. The number of hydrogen-bond acceptors (Lipinski definition) is 4. The van der Waals surface area contributed by atoms with Crippen molar-refractivity contribution in [3.05, 3.63) is 64.2 Å². The minimum atomic E-state index is -1.09. The van der Waals surface area contributed by atoms with Crippen LogP contribution in [-0.4, -0.2) is 41.5 Å². The number of aryl methyl sites for hydroxylation is 1. The second-order valence-electron chi connectivity index (χ2n) is 10.0. The van der Waals surface area contributed by atoms with E-state index >= 15 is 0 Å². The van der Waals surface area contributed by atoms with Crippen LogP contribution in [0.1, 0.15) is 63.8 Å². The standard InChI is InChI=1S/C29H36ClN3O4/c1-9-18(3)24(32-28(36)37-29(5,6)7)27(35)33(8)25(21-16-12-11-15-20(21)10-2)26(34)31-23-19(4)14-13-17-22(23)30/h2,11-18,24-25H,9H2,1,3-8H3,(H,31,34)(H,32,36). The van der Waals surface area contributed by atoms with E-state index in [1.807, 2.05) is 26.8 Å². The minimum absolute atomic E-state index is 0.236. The lowest BCUT2D eigenvalue weighted by Gasteiger charge is -2.34. The number of para-hydroxylation sites is 1. The number of anilines is 1. The number of carbonyl (C=O) groups excluding carboxylic acids is 3. The molecule has 2 aromatic rings. The van der Waals surface area contributed by atoms with E-state index in [1.54, 1.807) is 57.2 Å². The first-order valence-electron chi connectivity index (χ1n) is 12.2. The molecule has 0 saturated carbocycles. The van der Waals surface area contributed by atoms with Crippen LogP contribution in [0.5, 0.6) is 0 Å². The van der Waals surface area contributed by atoms with Gasteiger partial charge in [-0.15, -0.1) is 6.42 Å². The predicted molar refractivity (Wildman–Crippen MR) is 147 cm³/mol. The van der Waals surface area contributed by atoms with Gasteiger partial charge >= 0.3 is 6.09 Å². The minimum Gasteiger partial charge on any atom is -0.444 e.